The first-order valence-corrected chi connectivity index (χ1v) is 7.69. The molecule has 1 fully saturated rings. The summed E-state index contributed by atoms with van der Waals surface area (Å²) in [6.07, 6.45) is 4.81. The fourth-order valence-electron chi connectivity index (χ4n) is 2.87. The van der Waals surface area contributed by atoms with E-state index in [4.69, 9.17) is 10.8 Å². The van der Waals surface area contributed by atoms with Gasteiger partial charge in [0, 0.05) is 37.0 Å². The number of aliphatic hydroxyl groups excluding tert-OH is 1. The van der Waals surface area contributed by atoms with Crippen LogP contribution < -0.4 is 11.1 Å². The number of amides is 1. The first-order valence-electron chi connectivity index (χ1n) is 7.69. The number of aliphatic hydroxyl groups is 1. The zero-order valence-corrected chi connectivity index (χ0v) is 12.4. The molecular weight excluding hydrogens is 266 g/mol. The van der Waals surface area contributed by atoms with E-state index >= 15 is 0 Å². The number of nitrogens with one attached hydrogen (secondary N) is 1. The maximum absolute atomic E-state index is 12.0. The Hall–Kier alpha value is -1.59. The van der Waals surface area contributed by atoms with E-state index in [9.17, 15) is 4.79 Å². The third kappa shape index (κ3) is 5.02. The van der Waals surface area contributed by atoms with E-state index in [0.717, 1.165) is 31.6 Å². The van der Waals surface area contributed by atoms with Crippen molar-refractivity contribution in [3.8, 4) is 0 Å². The molecule has 5 heteroatoms. The molecule has 1 amide bonds. The lowest BCUT2D eigenvalue weighted by Gasteiger charge is -2.35. The number of hydrogen-bond acceptors (Lipinski definition) is 4. The molecule has 0 saturated carbocycles. The van der Waals surface area contributed by atoms with E-state index in [2.05, 4.69) is 10.2 Å². The van der Waals surface area contributed by atoms with Gasteiger partial charge < -0.3 is 16.2 Å². The monoisotopic (exact) mass is 291 g/mol. The highest BCUT2D eigenvalue weighted by atomic mass is 16.3. The number of benzene rings is 1. The highest BCUT2D eigenvalue weighted by molar-refractivity contribution is 5.90. The van der Waals surface area contributed by atoms with Crippen LogP contribution in [0.15, 0.2) is 24.3 Å². The number of nitrogens with zero attached hydrogens (tertiary/aromatic N) is 1. The maximum Gasteiger partial charge on any atom is 0.225 e. The molecule has 1 aromatic rings. The zero-order chi connectivity index (χ0) is 15.1. The summed E-state index contributed by atoms with van der Waals surface area (Å²) in [6.45, 7) is 2.00. The van der Waals surface area contributed by atoms with Crippen LogP contribution in [0.4, 0.5) is 11.4 Å². The standard InChI is InChI=1S/C16H25N3O2/c17-13-4-6-14(7-5-13)18-16(21)8-11-19-10-2-1-3-15(19)9-12-20/h4-7,15,20H,1-3,8-12,17H2,(H,18,21). The molecule has 4 N–H and O–H groups in total. The summed E-state index contributed by atoms with van der Waals surface area (Å²) >= 11 is 0. The Morgan fingerprint density at radius 2 is 2.10 bits per heavy atom. The summed E-state index contributed by atoms with van der Waals surface area (Å²) in [5.41, 5.74) is 7.08. The molecule has 2 rings (SSSR count). The molecule has 1 saturated heterocycles. The number of hydrogen-bond donors (Lipinski definition) is 3. The normalized spacial score (nSPS) is 19.4. The molecule has 0 aliphatic carbocycles. The van der Waals surface area contributed by atoms with Crippen molar-refractivity contribution >= 4 is 17.3 Å². The Morgan fingerprint density at radius 3 is 2.81 bits per heavy atom. The second-order valence-electron chi connectivity index (χ2n) is 5.62. The van der Waals surface area contributed by atoms with Crippen molar-refractivity contribution in [3.05, 3.63) is 24.3 Å². The molecule has 1 aliphatic rings. The second-order valence-corrected chi connectivity index (χ2v) is 5.62. The van der Waals surface area contributed by atoms with E-state index in [-0.39, 0.29) is 12.5 Å². The molecule has 1 atom stereocenters. The van der Waals surface area contributed by atoms with Gasteiger partial charge in [0.05, 0.1) is 0 Å². The number of likely N-dealkylation sites (tertiary alicyclic amines) is 1. The third-order valence-corrected chi connectivity index (χ3v) is 4.03. The van der Waals surface area contributed by atoms with Gasteiger partial charge >= 0.3 is 0 Å². The fraction of sp³-hybridized carbons (Fsp3) is 0.562. The van der Waals surface area contributed by atoms with Gasteiger partial charge in [-0.3, -0.25) is 9.69 Å². The number of rotatable bonds is 6. The minimum Gasteiger partial charge on any atom is -0.399 e. The van der Waals surface area contributed by atoms with Gasteiger partial charge in [-0.25, -0.2) is 0 Å². The van der Waals surface area contributed by atoms with Gasteiger partial charge in [-0.1, -0.05) is 6.42 Å². The SMILES string of the molecule is Nc1ccc(NC(=O)CCN2CCCCC2CCO)cc1. The number of carbonyl (C=O) groups excluding carboxylic acids is 1. The minimum absolute atomic E-state index is 0.0214. The van der Waals surface area contributed by atoms with Crippen LogP contribution >= 0.6 is 0 Å². The van der Waals surface area contributed by atoms with Gasteiger partial charge in [0.2, 0.25) is 5.91 Å². The van der Waals surface area contributed by atoms with E-state index in [1.54, 1.807) is 12.1 Å². The van der Waals surface area contributed by atoms with Gasteiger partial charge in [-0.05, 0) is 50.1 Å². The third-order valence-electron chi connectivity index (χ3n) is 4.03. The van der Waals surface area contributed by atoms with Crippen LogP contribution in [0.2, 0.25) is 0 Å². The molecule has 21 heavy (non-hydrogen) atoms. The van der Waals surface area contributed by atoms with Crippen LogP contribution in [0, 0.1) is 0 Å². The molecule has 0 aromatic heterocycles. The molecule has 1 unspecified atom stereocenters. The zero-order valence-electron chi connectivity index (χ0n) is 12.4. The van der Waals surface area contributed by atoms with Gasteiger partial charge in [-0.2, -0.15) is 0 Å². The van der Waals surface area contributed by atoms with Crippen molar-refractivity contribution in [2.24, 2.45) is 0 Å². The lowest BCUT2D eigenvalue weighted by molar-refractivity contribution is -0.116. The van der Waals surface area contributed by atoms with Crippen LogP contribution in [0.3, 0.4) is 0 Å². The van der Waals surface area contributed by atoms with E-state index in [1.165, 1.54) is 12.8 Å². The van der Waals surface area contributed by atoms with Gasteiger partial charge in [0.25, 0.3) is 0 Å². The Bertz CT molecular complexity index is 445. The van der Waals surface area contributed by atoms with Gasteiger partial charge in [-0.15, -0.1) is 0 Å². The molecule has 5 nitrogen and oxygen atoms in total. The summed E-state index contributed by atoms with van der Waals surface area (Å²) in [7, 11) is 0. The minimum atomic E-state index is 0.0214. The summed E-state index contributed by atoms with van der Waals surface area (Å²) in [5, 5.41) is 12.0. The molecule has 1 heterocycles. The molecule has 1 aromatic carbocycles. The molecule has 0 bridgehead atoms. The second kappa shape index (κ2) is 8.00. The van der Waals surface area contributed by atoms with Crippen molar-refractivity contribution in [1.82, 2.24) is 4.90 Å². The van der Waals surface area contributed by atoms with Crippen LogP contribution in [-0.4, -0.2) is 41.7 Å². The predicted octanol–water partition coefficient (Wildman–Crippen LogP) is 1.83. The van der Waals surface area contributed by atoms with Crippen LogP contribution in [-0.2, 0) is 4.79 Å². The van der Waals surface area contributed by atoms with Gasteiger partial charge in [0.1, 0.15) is 0 Å². The number of piperidine rings is 1. The predicted molar refractivity (Wildman–Crippen MR) is 85.0 cm³/mol. The topological polar surface area (TPSA) is 78.6 Å². The largest absolute Gasteiger partial charge is 0.399 e. The molecule has 116 valence electrons. The Kier molecular flexibility index (Phi) is 6.02. The summed E-state index contributed by atoms with van der Waals surface area (Å²) in [4.78, 5) is 14.3. The lowest BCUT2D eigenvalue weighted by Crippen LogP contribution is -2.41. The average molecular weight is 291 g/mol. The highest BCUT2D eigenvalue weighted by Crippen LogP contribution is 2.19. The van der Waals surface area contributed by atoms with E-state index in [0.29, 0.717) is 18.2 Å². The van der Waals surface area contributed by atoms with Crippen LogP contribution in [0.25, 0.3) is 0 Å². The highest BCUT2D eigenvalue weighted by Gasteiger charge is 2.22. The first kappa shape index (κ1) is 15.8. The summed E-state index contributed by atoms with van der Waals surface area (Å²) in [6, 6.07) is 7.59. The first-order chi connectivity index (χ1) is 10.2. The lowest BCUT2D eigenvalue weighted by atomic mass is 9.99. The molecular formula is C16H25N3O2. The number of anilines is 2. The van der Waals surface area contributed by atoms with Crippen LogP contribution in [0.5, 0.6) is 0 Å². The van der Waals surface area contributed by atoms with Crippen molar-refractivity contribution in [1.29, 1.82) is 0 Å². The summed E-state index contributed by atoms with van der Waals surface area (Å²) < 4.78 is 0. The molecule has 0 spiro atoms. The quantitative estimate of drug-likeness (QED) is 0.699. The Labute approximate surface area is 126 Å². The fourth-order valence-corrected chi connectivity index (χ4v) is 2.87. The smallest absolute Gasteiger partial charge is 0.225 e. The Balaban J connectivity index is 1.78. The average Bonchev–Trinajstić information content (AvgIpc) is 2.49. The number of carbonyl (C=O) groups is 1. The van der Waals surface area contributed by atoms with E-state index in [1.807, 2.05) is 12.1 Å². The van der Waals surface area contributed by atoms with Crippen molar-refractivity contribution in [2.75, 3.05) is 30.7 Å². The Morgan fingerprint density at radius 1 is 1.33 bits per heavy atom. The van der Waals surface area contributed by atoms with Crippen LogP contribution in [0.1, 0.15) is 32.1 Å². The number of nitrogen functional groups attached to an aromatic ring is 1. The molecule has 1 aliphatic heterocycles. The van der Waals surface area contributed by atoms with Gasteiger partial charge in [0.15, 0.2) is 0 Å². The van der Waals surface area contributed by atoms with E-state index < -0.39 is 0 Å². The number of nitrogens with two attached hydrogens (primary N) is 1. The van der Waals surface area contributed by atoms with Crippen molar-refractivity contribution in [2.45, 2.75) is 38.1 Å². The van der Waals surface area contributed by atoms with Crippen molar-refractivity contribution < 1.29 is 9.90 Å². The maximum atomic E-state index is 12.0. The molecule has 0 radical (unpaired) electrons. The van der Waals surface area contributed by atoms with Crippen molar-refractivity contribution in [3.63, 3.8) is 0 Å². The summed E-state index contributed by atoms with van der Waals surface area (Å²) in [5.74, 6) is 0.0214.